The van der Waals surface area contributed by atoms with E-state index in [-0.39, 0.29) is 5.88 Å². The van der Waals surface area contributed by atoms with Crippen LogP contribution in [0.1, 0.15) is 5.56 Å². The molecule has 0 aliphatic carbocycles. The van der Waals surface area contributed by atoms with E-state index in [1.165, 1.54) is 38.6 Å². The Hall–Kier alpha value is -3.23. The lowest BCUT2D eigenvalue weighted by Crippen LogP contribution is -2.19. The highest BCUT2D eigenvalue weighted by Gasteiger charge is 2.28. The van der Waals surface area contributed by atoms with Gasteiger partial charge in [0, 0.05) is 18.2 Å². The molecule has 0 saturated carbocycles. The van der Waals surface area contributed by atoms with Crippen molar-refractivity contribution in [1.82, 2.24) is 4.98 Å². The number of nitrogens with one attached hydrogen (secondary N) is 1. The molecule has 0 atom stereocenters. The number of anilines is 1. The first-order chi connectivity index (χ1) is 12.8. The Kier molecular flexibility index (Phi) is 6.64. The molecule has 2 aromatic rings. The van der Waals surface area contributed by atoms with Gasteiger partial charge in [-0.05, 0) is 29.8 Å². The lowest BCUT2D eigenvalue weighted by Gasteiger charge is -2.08. The summed E-state index contributed by atoms with van der Waals surface area (Å²) in [7, 11) is 3.04. The Balaban J connectivity index is 1.96. The molecule has 1 aromatic carbocycles. The molecule has 0 fully saturated rings. The number of hydrogen-bond acceptors (Lipinski definition) is 5. The highest BCUT2D eigenvalue weighted by molar-refractivity contribution is 6.01. The minimum absolute atomic E-state index is 0.190. The third-order valence-corrected chi connectivity index (χ3v) is 3.19. The number of carbonyl (C=O) groups excluding carboxylic acids is 1. The van der Waals surface area contributed by atoms with Crippen LogP contribution in [0.3, 0.4) is 0 Å². The molecule has 1 aromatic heterocycles. The third kappa shape index (κ3) is 6.89. The van der Waals surface area contributed by atoms with E-state index < -0.39 is 18.7 Å². The fraction of sp³-hybridized carbons (Fsp3) is 0.222. The van der Waals surface area contributed by atoms with Gasteiger partial charge in [0.25, 0.3) is 0 Å². The molecule has 0 radical (unpaired) electrons. The maximum absolute atomic E-state index is 12.1. The van der Waals surface area contributed by atoms with Gasteiger partial charge in [0.15, 0.2) is 6.61 Å². The Morgan fingerprint density at radius 3 is 2.33 bits per heavy atom. The van der Waals surface area contributed by atoms with E-state index in [1.54, 1.807) is 24.3 Å². The minimum Gasteiger partial charge on any atom is -0.497 e. The maximum Gasteiger partial charge on any atom is 0.422 e. The van der Waals surface area contributed by atoms with Crippen LogP contribution < -0.4 is 19.5 Å². The van der Waals surface area contributed by atoms with Crippen molar-refractivity contribution >= 4 is 17.7 Å². The first-order valence-electron chi connectivity index (χ1n) is 7.67. The second-order valence-electron chi connectivity index (χ2n) is 5.26. The zero-order valence-corrected chi connectivity index (χ0v) is 14.5. The zero-order valence-electron chi connectivity index (χ0n) is 14.5. The Labute approximate surface area is 153 Å². The summed E-state index contributed by atoms with van der Waals surface area (Å²) in [5.74, 6) is 0.521. The van der Waals surface area contributed by atoms with Crippen LogP contribution in [0.25, 0.3) is 6.08 Å². The molecule has 0 bridgehead atoms. The van der Waals surface area contributed by atoms with Crippen molar-refractivity contribution in [2.45, 2.75) is 6.18 Å². The van der Waals surface area contributed by atoms with Gasteiger partial charge < -0.3 is 19.5 Å². The second kappa shape index (κ2) is 8.93. The van der Waals surface area contributed by atoms with E-state index in [9.17, 15) is 18.0 Å². The molecule has 27 heavy (non-hydrogen) atoms. The summed E-state index contributed by atoms with van der Waals surface area (Å²) in [5.41, 5.74) is 1.00. The molecule has 0 aliphatic rings. The molecular formula is C18H17F3N2O4. The number of rotatable bonds is 7. The van der Waals surface area contributed by atoms with Gasteiger partial charge in [-0.1, -0.05) is 0 Å². The quantitative estimate of drug-likeness (QED) is 0.740. The summed E-state index contributed by atoms with van der Waals surface area (Å²) in [6.07, 6.45) is -0.384. The smallest absolute Gasteiger partial charge is 0.422 e. The summed E-state index contributed by atoms with van der Waals surface area (Å²) in [6.45, 7) is -1.43. The van der Waals surface area contributed by atoms with Crippen LogP contribution in [0, 0.1) is 0 Å². The second-order valence-corrected chi connectivity index (χ2v) is 5.26. The Morgan fingerprint density at radius 2 is 1.81 bits per heavy atom. The van der Waals surface area contributed by atoms with Gasteiger partial charge in [0.2, 0.25) is 11.8 Å². The molecule has 2 rings (SSSR count). The summed E-state index contributed by atoms with van der Waals surface area (Å²) < 4.78 is 51.0. The average molecular weight is 382 g/mol. The number of benzene rings is 1. The first-order valence-corrected chi connectivity index (χ1v) is 7.67. The maximum atomic E-state index is 12.1. The molecule has 6 nitrogen and oxygen atoms in total. The largest absolute Gasteiger partial charge is 0.497 e. The number of pyridine rings is 1. The van der Waals surface area contributed by atoms with Crippen molar-refractivity contribution < 1.29 is 32.2 Å². The van der Waals surface area contributed by atoms with Gasteiger partial charge in [-0.3, -0.25) is 4.79 Å². The lowest BCUT2D eigenvalue weighted by molar-refractivity contribution is -0.154. The molecule has 0 saturated heterocycles. The zero-order chi connectivity index (χ0) is 19.9. The fourth-order valence-corrected chi connectivity index (χ4v) is 1.98. The topological polar surface area (TPSA) is 69.7 Å². The predicted octanol–water partition coefficient (Wildman–Crippen LogP) is 3.69. The monoisotopic (exact) mass is 382 g/mol. The number of carbonyl (C=O) groups is 1. The van der Waals surface area contributed by atoms with Gasteiger partial charge in [0.1, 0.15) is 11.5 Å². The Bertz CT molecular complexity index is 783. The van der Waals surface area contributed by atoms with Crippen LogP contribution in [-0.2, 0) is 4.79 Å². The van der Waals surface area contributed by atoms with Crippen LogP contribution in [0.4, 0.5) is 18.9 Å². The SMILES string of the molecule is COc1cc(/C=C/C(=O)Nc2ccc(OCC(F)(F)F)nc2)cc(OC)c1. The number of amides is 1. The van der Waals surface area contributed by atoms with E-state index in [0.29, 0.717) is 22.7 Å². The number of nitrogens with zero attached hydrogens (tertiary/aromatic N) is 1. The summed E-state index contributed by atoms with van der Waals surface area (Å²) in [4.78, 5) is 15.7. The molecule has 0 unspecified atom stereocenters. The number of hydrogen-bond donors (Lipinski definition) is 1. The minimum atomic E-state index is -4.44. The van der Waals surface area contributed by atoms with Crippen molar-refractivity contribution in [3.63, 3.8) is 0 Å². The van der Waals surface area contributed by atoms with Gasteiger partial charge in [-0.15, -0.1) is 0 Å². The van der Waals surface area contributed by atoms with Crippen molar-refractivity contribution in [2.24, 2.45) is 0 Å². The molecular weight excluding hydrogens is 365 g/mol. The molecule has 1 N–H and O–H groups in total. The van der Waals surface area contributed by atoms with E-state index in [1.807, 2.05) is 0 Å². The number of halogens is 3. The average Bonchev–Trinajstić information content (AvgIpc) is 2.65. The standard InChI is InChI=1S/C18H17F3N2O4/c1-25-14-7-12(8-15(9-14)26-2)3-5-16(24)23-13-4-6-17(22-10-13)27-11-18(19,20)21/h3-10H,11H2,1-2H3,(H,23,24)/b5-3+. The van der Waals surface area contributed by atoms with Crippen molar-refractivity contribution in [3.05, 3.63) is 48.2 Å². The number of aromatic nitrogens is 1. The third-order valence-electron chi connectivity index (χ3n) is 3.19. The van der Waals surface area contributed by atoms with Crippen LogP contribution >= 0.6 is 0 Å². The van der Waals surface area contributed by atoms with Gasteiger partial charge in [0.05, 0.1) is 26.1 Å². The molecule has 0 aliphatic heterocycles. The lowest BCUT2D eigenvalue weighted by atomic mass is 10.2. The van der Waals surface area contributed by atoms with Crippen LogP contribution in [0.2, 0.25) is 0 Å². The van der Waals surface area contributed by atoms with E-state index >= 15 is 0 Å². The van der Waals surface area contributed by atoms with Gasteiger partial charge in [-0.2, -0.15) is 13.2 Å². The molecule has 0 spiro atoms. The molecule has 1 heterocycles. The summed E-state index contributed by atoms with van der Waals surface area (Å²) in [5, 5.41) is 2.54. The highest BCUT2D eigenvalue weighted by atomic mass is 19.4. The molecule has 1 amide bonds. The predicted molar refractivity (Wildman–Crippen MR) is 93.0 cm³/mol. The fourth-order valence-electron chi connectivity index (χ4n) is 1.98. The first kappa shape index (κ1) is 20.1. The molecule has 144 valence electrons. The van der Waals surface area contributed by atoms with E-state index in [2.05, 4.69) is 15.0 Å². The number of ether oxygens (including phenoxy) is 3. The highest BCUT2D eigenvalue weighted by Crippen LogP contribution is 2.23. The van der Waals surface area contributed by atoms with Crippen molar-refractivity contribution in [3.8, 4) is 17.4 Å². The van der Waals surface area contributed by atoms with Gasteiger partial charge >= 0.3 is 6.18 Å². The van der Waals surface area contributed by atoms with E-state index in [0.717, 1.165) is 0 Å². The molecule has 9 heteroatoms. The van der Waals surface area contributed by atoms with Crippen molar-refractivity contribution in [2.75, 3.05) is 26.1 Å². The Morgan fingerprint density at radius 1 is 1.15 bits per heavy atom. The van der Waals surface area contributed by atoms with Crippen LogP contribution in [0.15, 0.2) is 42.6 Å². The summed E-state index contributed by atoms with van der Waals surface area (Å²) >= 11 is 0. The summed E-state index contributed by atoms with van der Waals surface area (Å²) in [6, 6.07) is 7.77. The van der Waals surface area contributed by atoms with Crippen molar-refractivity contribution in [1.29, 1.82) is 0 Å². The van der Waals surface area contributed by atoms with Gasteiger partial charge in [-0.25, -0.2) is 4.98 Å². The normalized spacial score (nSPS) is 11.3. The van der Waals surface area contributed by atoms with E-state index in [4.69, 9.17) is 9.47 Å². The van der Waals surface area contributed by atoms with Crippen LogP contribution in [0.5, 0.6) is 17.4 Å². The number of alkyl halides is 3. The number of methoxy groups -OCH3 is 2. The van der Waals surface area contributed by atoms with Crippen LogP contribution in [-0.4, -0.2) is 37.9 Å².